The van der Waals surface area contributed by atoms with E-state index in [1.54, 1.807) is 0 Å². The number of nitrogens with two attached hydrogens (primary N) is 1. The Morgan fingerprint density at radius 1 is 1.17 bits per heavy atom. The molecule has 1 fully saturated rings. The molecule has 2 N–H and O–H groups in total. The highest BCUT2D eigenvalue weighted by Crippen LogP contribution is 2.24. The van der Waals surface area contributed by atoms with Gasteiger partial charge in [-0.3, -0.25) is 9.69 Å². The number of rotatable bonds is 8. The molecule has 0 radical (unpaired) electrons. The van der Waals surface area contributed by atoms with Gasteiger partial charge in [0.1, 0.15) is 12.4 Å². The first-order chi connectivity index (χ1) is 14.1. The van der Waals surface area contributed by atoms with Crippen molar-refractivity contribution in [2.24, 2.45) is 5.73 Å². The minimum atomic E-state index is -0.361. The third-order valence-corrected chi connectivity index (χ3v) is 5.40. The molecule has 6 heteroatoms. The molecule has 0 spiro atoms. The molecule has 5 nitrogen and oxygen atoms in total. The van der Waals surface area contributed by atoms with Gasteiger partial charge in [0.15, 0.2) is 0 Å². The molecule has 2 heterocycles. The molecular weight excluding hydrogens is 369 g/mol. The third kappa shape index (κ3) is 4.83. The highest BCUT2D eigenvalue weighted by atomic mass is 19.1. The first-order valence-corrected chi connectivity index (χ1v) is 10.0. The highest BCUT2D eigenvalue weighted by Gasteiger charge is 2.21. The number of carbonyl (C=O) groups excluding carboxylic acids is 1. The summed E-state index contributed by atoms with van der Waals surface area (Å²) in [5, 5.41) is 1.12. The summed E-state index contributed by atoms with van der Waals surface area (Å²) < 4.78 is 21.1. The molecule has 4 rings (SSSR count). The molecule has 1 atom stereocenters. The summed E-state index contributed by atoms with van der Waals surface area (Å²) in [7, 11) is 0. The second-order valence-electron chi connectivity index (χ2n) is 7.70. The Morgan fingerprint density at radius 3 is 2.69 bits per heavy atom. The van der Waals surface area contributed by atoms with Gasteiger partial charge in [-0.05, 0) is 42.2 Å². The van der Waals surface area contributed by atoms with Gasteiger partial charge in [0.05, 0.1) is 6.10 Å². The molecule has 152 valence electrons. The van der Waals surface area contributed by atoms with Gasteiger partial charge in [0.25, 0.3) is 0 Å². The van der Waals surface area contributed by atoms with Crippen LogP contribution < -0.4 is 5.73 Å². The number of fused-ring (bicyclic) bond motifs is 1. The maximum atomic E-state index is 13.3. The van der Waals surface area contributed by atoms with E-state index < -0.39 is 0 Å². The number of nitrogens with zero attached hydrogens (tertiary/aromatic N) is 2. The molecule has 1 saturated heterocycles. The van der Waals surface area contributed by atoms with Gasteiger partial charge < -0.3 is 15.0 Å². The van der Waals surface area contributed by atoms with E-state index in [-0.39, 0.29) is 24.4 Å². The molecule has 0 aliphatic carbocycles. The summed E-state index contributed by atoms with van der Waals surface area (Å²) >= 11 is 0. The number of aromatic nitrogens is 1. The number of carbonyl (C=O) groups is 1. The number of primary amides is 1. The van der Waals surface area contributed by atoms with Crippen LogP contribution in [0.4, 0.5) is 4.39 Å². The summed E-state index contributed by atoms with van der Waals surface area (Å²) in [6, 6.07) is 14.7. The van der Waals surface area contributed by atoms with Gasteiger partial charge in [-0.15, -0.1) is 0 Å². The van der Waals surface area contributed by atoms with E-state index in [2.05, 4.69) is 11.0 Å². The molecule has 2 aromatic carbocycles. The number of hydrogen-bond acceptors (Lipinski definition) is 3. The van der Waals surface area contributed by atoms with Crippen LogP contribution in [0.25, 0.3) is 10.9 Å². The van der Waals surface area contributed by atoms with Crippen LogP contribution in [-0.2, 0) is 29.2 Å². The van der Waals surface area contributed by atoms with Crippen molar-refractivity contribution in [2.45, 2.75) is 38.6 Å². The maximum Gasteiger partial charge on any atom is 0.237 e. The quantitative estimate of drug-likeness (QED) is 0.636. The number of halogens is 1. The predicted molar refractivity (Wildman–Crippen MR) is 111 cm³/mol. The van der Waals surface area contributed by atoms with Crippen LogP contribution in [0.5, 0.6) is 0 Å². The summed E-state index contributed by atoms with van der Waals surface area (Å²) in [6.45, 7) is 3.20. The Labute approximate surface area is 169 Å². The molecule has 1 unspecified atom stereocenters. The van der Waals surface area contributed by atoms with Crippen molar-refractivity contribution in [2.75, 3.05) is 13.2 Å². The van der Waals surface area contributed by atoms with Crippen LogP contribution in [0.15, 0.2) is 54.7 Å². The van der Waals surface area contributed by atoms with Gasteiger partial charge in [-0.1, -0.05) is 30.3 Å². The van der Waals surface area contributed by atoms with E-state index in [9.17, 15) is 9.18 Å². The van der Waals surface area contributed by atoms with E-state index in [1.807, 2.05) is 41.1 Å². The molecule has 1 aromatic heterocycles. The lowest BCUT2D eigenvalue weighted by atomic mass is 10.1. The molecule has 1 aliphatic rings. The lowest BCUT2D eigenvalue weighted by Crippen LogP contribution is -2.31. The second kappa shape index (κ2) is 8.76. The number of ether oxygens (including phenoxy) is 1. The minimum Gasteiger partial charge on any atom is -0.377 e. The topological polar surface area (TPSA) is 60.5 Å². The third-order valence-electron chi connectivity index (χ3n) is 5.40. The van der Waals surface area contributed by atoms with Crippen LogP contribution in [0.2, 0.25) is 0 Å². The zero-order chi connectivity index (χ0) is 20.2. The summed E-state index contributed by atoms with van der Waals surface area (Å²) in [5.41, 5.74) is 8.63. The van der Waals surface area contributed by atoms with E-state index in [4.69, 9.17) is 10.5 Å². The highest BCUT2D eigenvalue weighted by molar-refractivity contribution is 5.85. The Morgan fingerprint density at radius 2 is 1.97 bits per heavy atom. The van der Waals surface area contributed by atoms with Crippen LogP contribution in [0, 0.1) is 5.82 Å². The Kier molecular flexibility index (Phi) is 5.92. The van der Waals surface area contributed by atoms with E-state index in [0.717, 1.165) is 48.0 Å². The SMILES string of the molecule is NC(=O)Cn1cc(CN(Cc2ccc(F)cc2)CC2CCCO2)c2ccccc21. The number of hydrogen-bond donors (Lipinski definition) is 1. The normalized spacial score (nSPS) is 16.7. The summed E-state index contributed by atoms with van der Waals surface area (Å²) in [6.07, 6.45) is 4.38. The molecule has 29 heavy (non-hydrogen) atoms. The Bertz CT molecular complexity index is 977. The van der Waals surface area contributed by atoms with Gasteiger partial charge in [0.2, 0.25) is 5.91 Å². The summed E-state index contributed by atoms with van der Waals surface area (Å²) in [5.74, 6) is -0.589. The van der Waals surface area contributed by atoms with Crippen molar-refractivity contribution in [1.29, 1.82) is 0 Å². The number of amides is 1. The van der Waals surface area contributed by atoms with Crippen molar-refractivity contribution in [1.82, 2.24) is 9.47 Å². The Balaban J connectivity index is 1.60. The minimum absolute atomic E-state index is 0.157. The van der Waals surface area contributed by atoms with E-state index in [0.29, 0.717) is 13.1 Å². The van der Waals surface area contributed by atoms with E-state index in [1.165, 1.54) is 12.1 Å². The zero-order valence-electron chi connectivity index (χ0n) is 16.4. The van der Waals surface area contributed by atoms with Crippen molar-refractivity contribution < 1.29 is 13.9 Å². The van der Waals surface area contributed by atoms with Gasteiger partial charge in [-0.25, -0.2) is 4.39 Å². The maximum absolute atomic E-state index is 13.3. The fourth-order valence-electron chi connectivity index (χ4n) is 4.10. The van der Waals surface area contributed by atoms with Gasteiger partial charge in [0, 0.05) is 43.3 Å². The molecule has 0 bridgehead atoms. The van der Waals surface area contributed by atoms with Crippen LogP contribution >= 0.6 is 0 Å². The lowest BCUT2D eigenvalue weighted by Gasteiger charge is -2.25. The Hall–Kier alpha value is -2.70. The molecule has 1 amide bonds. The largest absolute Gasteiger partial charge is 0.377 e. The van der Waals surface area contributed by atoms with Gasteiger partial charge >= 0.3 is 0 Å². The molecule has 3 aromatic rings. The molecular formula is C23H26FN3O2. The van der Waals surface area contributed by atoms with Crippen molar-refractivity contribution in [3.63, 3.8) is 0 Å². The number of para-hydroxylation sites is 1. The van der Waals surface area contributed by atoms with Crippen LogP contribution in [0.1, 0.15) is 24.0 Å². The van der Waals surface area contributed by atoms with Gasteiger partial charge in [-0.2, -0.15) is 0 Å². The fourth-order valence-corrected chi connectivity index (χ4v) is 4.10. The first kappa shape index (κ1) is 19.6. The number of benzene rings is 2. The van der Waals surface area contributed by atoms with Crippen molar-refractivity contribution >= 4 is 16.8 Å². The van der Waals surface area contributed by atoms with E-state index >= 15 is 0 Å². The predicted octanol–water partition coefficient (Wildman–Crippen LogP) is 3.45. The average molecular weight is 395 g/mol. The average Bonchev–Trinajstić information content (AvgIpc) is 3.32. The van der Waals surface area contributed by atoms with Crippen molar-refractivity contribution in [3.8, 4) is 0 Å². The standard InChI is InChI=1S/C23H26FN3O2/c24-19-9-7-17(8-10-19)12-26(15-20-4-3-11-29-20)13-18-14-27(16-23(25)28)22-6-2-1-5-21(18)22/h1-2,5-10,14,20H,3-4,11-13,15-16H2,(H2,25,28). The second-order valence-corrected chi connectivity index (χ2v) is 7.70. The smallest absolute Gasteiger partial charge is 0.237 e. The van der Waals surface area contributed by atoms with Crippen molar-refractivity contribution in [3.05, 3.63) is 71.7 Å². The molecule has 0 saturated carbocycles. The molecule has 1 aliphatic heterocycles. The lowest BCUT2D eigenvalue weighted by molar-refractivity contribution is -0.118. The van der Waals surface area contributed by atoms with Crippen LogP contribution in [0.3, 0.4) is 0 Å². The van der Waals surface area contributed by atoms with Crippen LogP contribution in [-0.4, -0.2) is 34.6 Å². The first-order valence-electron chi connectivity index (χ1n) is 10.0. The zero-order valence-corrected chi connectivity index (χ0v) is 16.4. The fraction of sp³-hybridized carbons (Fsp3) is 0.348. The summed E-state index contributed by atoms with van der Waals surface area (Å²) in [4.78, 5) is 13.8. The monoisotopic (exact) mass is 395 g/mol.